The molecule has 1 fully saturated rings. The number of Topliss-reactive ketones (excluding diaryl/α,β-unsaturated/α-hetero) is 2. The SMILES string of the molecule is COc1cccc2c1C(=O)c1c(O)c3c(c(O)c1C2=O)C[C@@](O)(C(=O)CO)C[C@H]3O[C@@H]1C[C@@H](N)C(=O)[C@@H](C)O1. The van der Waals surface area contributed by atoms with Gasteiger partial charge >= 0.3 is 0 Å². The summed E-state index contributed by atoms with van der Waals surface area (Å²) in [5.41, 5.74) is 2.17. The van der Waals surface area contributed by atoms with Crippen LogP contribution in [0.3, 0.4) is 0 Å². The second kappa shape index (κ2) is 9.50. The van der Waals surface area contributed by atoms with Crippen molar-refractivity contribution < 1.29 is 53.8 Å². The van der Waals surface area contributed by atoms with E-state index in [0.29, 0.717) is 0 Å². The van der Waals surface area contributed by atoms with Crippen LogP contribution in [0.4, 0.5) is 0 Å². The number of aliphatic hydroxyl groups excluding tert-OH is 1. The van der Waals surface area contributed by atoms with Gasteiger partial charge in [-0.3, -0.25) is 19.2 Å². The van der Waals surface area contributed by atoms with Crippen molar-refractivity contribution in [3.05, 3.63) is 51.6 Å². The number of aliphatic hydroxyl groups is 2. The first-order valence-corrected chi connectivity index (χ1v) is 12.3. The molecular formula is C27H27NO11. The lowest BCUT2D eigenvalue weighted by Gasteiger charge is -2.41. The summed E-state index contributed by atoms with van der Waals surface area (Å²) in [5.74, 6) is -4.20. The quantitative estimate of drug-likeness (QED) is 0.275. The van der Waals surface area contributed by atoms with E-state index in [4.69, 9.17) is 19.9 Å². The molecule has 2 aliphatic carbocycles. The van der Waals surface area contributed by atoms with E-state index in [1.54, 1.807) is 0 Å². The van der Waals surface area contributed by atoms with Crippen molar-refractivity contribution in [3.63, 3.8) is 0 Å². The zero-order valence-corrected chi connectivity index (χ0v) is 21.1. The van der Waals surface area contributed by atoms with Gasteiger partial charge in [0.05, 0.1) is 35.9 Å². The van der Waals surface area contributed by atoms with Gasteiger partial charge in [0, 0.05) is 36.0 Å². The van der Waals surface area contributed by atoms with Gasteiger partial charge in [-0.05, 0) is 13.0 Å². The van der Waals surface area contributed by atoms with Gasteiger partial charge in [0.2, 0.25) is 5.78 Å². The van der Waals surface area contributed by atoms with E-state index in [1.807, 2.05) is 0 Å². The largest absolute Gasteiger partial charge is 0.507 e. The van der Waals surface area contributed by atoms with Gasteiger partial charge in [0.25, 0.3) is 0 Å². The summed E-state index contributed by atoms with van der Waals surface area (Å²) in [6.07, 6.45) is -4.57. The fourth-order valence-corrected chi connectivity index (χ4v) is 5.64. The molecule has 0 aromatic heterocycles. The van der Waals surface area contributed by atoms with Gasteiger partial charge in [-0.2, -0.15) is 0 Å². The molecule has 5 atom stereocenters. The van der Waals surface area contributed by atoms with Crippen LogP contribution in [-0.2, 0) is 25.5 Å². The van der Waals surface area contributed by atoms with Gasteiger partial charge in [-0.15, -0.1) is 0 Å². The molecule has 0 bridgehead atoms. The van der Waals surface area contributed by atoms with Crippen LogP contribution < -0.4 is 10.5 Å². The van der Waals surface area contributed by atoms with Crippen molar-refractivity contribution in [1.82, 2.24) is 0 Å². The van der Waals surface area contributed by atoms with E-state index in [0.717, 1.165) is 0 Å². The lowest BCUT2D eigenvalue weighted by molar-refractivity contribution is -0.221. The molecule has 0 saturated carbocycles. The predicted octanol–water partition coefficient (Wildman–Crippen LogP) is 0.209. The molecule has 0 radical (unpaired) electrons. The standard InChI is InChI=1S/C27H27NO11/c1-10-22(31)13(28)6-17(38-10)39-15-8-27(36,16(30)9-29)7-12-19(15)26(35)21-20(24(12)33)23(32)11-4-3-5-14(37-2)18(11)25(21)34/h3-5,10,13,15,17,29,33,35-36H,6-9,28H2,1-2H3/t10-,13-,15-,17-,27+/m1/s1. The van der Waals surface area contributed by atoms with Crippen LogP contribution in [0.25, 0.3) is 0 Å². The molecule has 206 valence electrons. The summed E-state index contributed by atoms with van der Waals surface area (Å²) in [7, 11) is 1.32. The Bertz CT molecular complexity index is 1420. The first-order chi connectivity index (χ1) is 18.4. The summed E-state index contributed by atoms with van der Waals surface area (Å²) in [5, 5.41) is 43.5. The third-order valence-electron chi connectivity index (χ3n) is 7.62. The highest BCUT2D eigenvalue weighted by Gasteiger charge is 2.50. The van der Waals surface area contributed by atoms with Gasteiger partial charge in [0.1, 0.15) is 35.6 Å². The number of ketones is 4. The van der Waals surface area contributed by atoms with Crippen LogP contribution in [-0.4, -0.2) is 81.3 Å². The number of rotatable bonds is 5. The smallest absolute Gasteiger partial charge is 0.202 e. The molecule has 3 aliphatic rings. The maximum atomic E-state index is 13.6. The average Bonchev–Trinajstić information content (AvgIpc) is 2.90. The molecule has 5 rings (SSSR count). The topological polar surface area (TPSA) is 203 Å². The average molecular weight is 542 g/mol. The molecule has 1 aliphatic heterocycles. The number of carbonyl (C=O) groups excluding carboxylic acids is 4. The highest BCUT2D eigenvalue weighted by molar-refractivity contribution is 6.31. The first-order valence-electron chi connectivity index (χ1n) is 12.3. The monoisotopic (exact) mass is 541 g/mol. The first kappa shape index (κ1) is 26.9. The highest BCUT2D eigenvalue weighted by Crippen LogP contribution is 2.52. The Morgan fingerprint density at radius 1 is 1.13 bits per heavy atom. The maximum absolute atomic E-state index is 13.6. The number of benzene rings is 2. The summed E-state index contributed by atoms with van der Waals surface area (Å²) in [6.45, 7) is 0.449. The number of phenols is 2. The molecule has 0 unspecified atom stereocenters. The predicted molar refractivity (Wildman–Crippen MR) is 131 cm³/mol. The van der Waals surface area contributed by atoms with E-state index in [-0.39, 0.29) is 40.2 Å². The van der Waals surface area contributed by atoms with E-state index >= 15 is 0 Å². The molecule has 2 aromatic rings. The zero-order valence-electron chi connectivity index (χ0n) is 21.1. The van der Waals surface area contributed by atoms with Crippen molar-refractivity contribution >= 4 is 23.1 Å². The number of hydrogen-bond donors (Lipinski definition) is 5. The molecule has 12 heteroatoms. The minimum absolute atomic E-state index is 0.0601. The molecule has 6 N–H and O–H groups in total. The second-order valence-electron chi connectivity index (χ2n) is 9.95. The van der Waals surface area contributed by atoms with Gasteiger partial charge in [0.15, 0.2) is 23.6 Å². The Balaban J connectivity index is 1.69. The third-order valence-corrected chi connectivity index (χ3v) is 7.62. The minimum Gasteiger partial charge on any atom is -0.507 e. The van der Waals surface area contributed by atoms with Gasteiger partial charge in [-0.25, -0.2) is 0 Å². The number of nitrogens with two attached hydrogens (primary N) is 1. The normalized spacial score (nSPS) is 28.0. The summed E-state index contributed by atoms with van der Waals surface area (Å²) < 4.78 is 16.8. The van der Waals surface area contributed by atoms with E-state index < -0.39 is 89.6 Å². The fourth-order valence-electron chi connectivity index (χ4n) is 5.64. The zero-order chi connectivity index (χ0) is 28.4. The number of hydrogen-bond acceptors (Lipinski definition) is 12. The van der Waals surface area contributed by atoms with Gasteiger partial charge < -0.3 is 40.4 Å². The highest BCUT2D eigenvalue weighted by atomic mass is 16.7. The van der Waals surface area contributed by atoms with E-state index in [1.165, 1.54) is 32.2 Å². The van der Waals surface area contributed by atoms with Gasteiger partial charge in [-0.1, -0.05) is 12.1 Å². The lowest BCUT2D eigenvalue weighted by Crippen LogP contribution is -2.51. The van der Waals surface area contributed by atoms with Crippen LogP contribution >= 0.6 is 0 Å². The van der Waals surface area contributed by atoms with Crippen molar-refractivity contribution in [3.8, 4) is 17.2 Å². The molecule has 2 aromatic carbocycles. The van der Waals surface area contributed by atoms with Crippen LogP contribution in [0, 0.1) is 0 Å². The maximum Gasteiger partial charge on any atom is 0.202 e. The molecule has 1 heterocycles. The number of carbonyl (C=O) groups is 4. The lowest BCUT2D eigenvalue weighted by atomic mass is 9.72. The van der Waals surface area contributed by atoms with Crippen molar-refractivity contribution in [2.75, 3.05) is 13.7 Å². The van der Waals surface area contributed by atoms with Crippen LogP contribution in [0.2, 0.25) is 0 Å². The molecule has 12 nitrogen and oxygen atoms in total. The third kappa shape index (κ3) is 4.03. The number of phenolic OH excluding ortho intramolecular Hbond substituents is 2. The molecule has 0 spiro atoms. The van der Waals surface area contributed by atoms with Crippen LogP contribution in [0.5, 0.6) is 17.2 Å². The Morgan fingerprint density at radius 2 is 1.82 bits per heavy atom. The summed E-state index contributed by atoms with van der Waals surface area (Å²) in [6, 6.07) is 3.42. The van der Waals surface area contributed by atoms with Crippen molar-refractivity contribution in [2.24, 2.45) is 5.73 Å². The molecule has 39 heavy (non-hydrogen) atoms. The van der Waals surface area contributed by atoms with Crippen LogP contribution in [0.1, 0.15) is 68.8 Å². The number of ether oxygens (including phenoxy) is 3. The number of aromatic hydroxyl groups is 2. The van der Waals surface area contributed by atoms with E-state index in [9.17, 15) is 39.6 Å². The number of methoxy groups -OCH3 is 1. The molecular weight excluding hydrogens is 514 g/mol. The Labute approximate surface area is 221 Å². The fraction of sp³-hybridized carbons (Fsp3) is 0.407. The Morgan fingerprint density at radius 3 is 2.46 bits per heavy atom. The Kier molecular flexibility index (Phi) is 6.56. The second-order valence-corrected chi connectivity index (χ2v) is 9.95. The number of fused-ring (bicyclic) bond motifs is 3. The van der Waals surface area contributed by atoms with Crippen LogP contribution in [0.15, 0.2) is 18.2 Å². The summed E-state index contributed by atoms with van der Waals surface area (Å²) in [4.78, 5) is 51.8. The molecule has 1 saturated heterocycles. The molecule has 0 amide bonds. The minimum atomic E-state index is -2.26. The van der Waals surface area contributed by atoms with Crippen molar-refractivity contribution in [2.45, 2.75) is 56.3 Å². The van der Waals surface area contributed by atoms with E-state index in [2.05, 4.69) is 0 Å². The Hall–Kier alpha value is -3.68. The summed E-state index contributed by atoms with van der Waals surface area (Å²) >= 11 is 0. The van der Waals surface area contributed by atoms with Crippen molar-refractivity contribution in [1.29, 1.82) is 0 Å².